The van der Waals surface area contributed by atoms with Gasteiger partial charge in [-0.25, -0.2) is 0 Å². The molecule has 0 bridgehead atoms. The van der Waals surface area contributed by atoms with Crippen molar-refractivity contribution < 1.29 is 0 Å². The normalized spacial score (nSPS) is 39.0. The van der Waals surface area contributed by atoms with E-state index in [1.165, 1.54) is 58.4 Å². The fraction of sp³-hybridized carbons (Fsp3) is 1.00. The average Bonchev–Trinajstić information content (AvgIpc) is 2.99. The maximum atomic E-state index is 2.74. The average molecular weight is 208 g/mol. The molecule has 2 saturated carbocycles. The molecule has 2 nitrogen and oxygen atoms in total. The second-order valence-electron chi connectivity index (χ2n) is 6.01. The summed E-state index contributed by atoms with van der Waals surface area (Å²) in [6.07, 6.45) is 5.92. The van der Waals surface area contributed by atoms with Crippen molar-refractivity contribution in [3.63, 3.8) is 0 Å². The quantitative estimate of drug-likeness (QED) is 0.698. The van der Waals surface area contributed by atoms with E-state index < -0.39 is 0 Å². The standard InChI is InChI=1S/C13H24N2/c1-11-8-13(9-11)15-6-4-14(5-7-15)10-12-2-3-12/h11-13H,2-10H2,1H3. The van der Waals surface area contributed by atoms with Crippen LogP contribution in [-0.2, 0) is 0 Å². The van der Waals surface area contributed by atoms with Crippen LogP contribution in [0.3, 0.4) is 0 Å². The van der Waals surface area contributed by atoms with Crippen molar-refractivity contribution in [3.8, 4) is 0 Å². The summed E-state index contributed by atoms with van der Waals surface area (Å²) in [6, 6.07) is 0.947. The topological polar surface area (TPSA) is 6.48 Å². The van der Waals surface area contributed by atoms with Crippen molar-refractivity contribution >= 4 is 0 Å². The molecule has 1 saturated heterocycles. The lowest BCUT2D eigenvalue weighted by atomic mass is 9.80. The Kier molecular flexibility index (Phi) is 2.73. The van der Waals surface area contributed by atoms with E-state index >= 15 is 0 Å². The molecule has 2 aliphatic carbocycles. The Morgan fingerprint density at radius 3 is 2.20 bits per heavy atom. The SMILES string of the molecule is CC1CC(N2CCN(CC3CC3)CC2)C1. The zero-order valence-corrected chi connectivity index (χ0v) is 9.99. The second-order valence-corrected chi connectivity index (χ2v) is 6.01. The highest BCUT2D eigenvalue weighted by molar-refractivity contribution is 4.88. The van der Waals surface area contributed by atoms with Gasteiger partial charge in [0.1, 0.15) is 0 Å². The Balaban J connectivity index is 1.40. The first-order valence-corrected chi connectivity index (χ1v) is 6.77. The molecule has 2 heteroatoms. The van der Waals surface area contributed by atoms with Gasteiger partial charge < -0.3 is 4.90 Å². The van der Waals surface area contributed by atoms with Crippen molar-refractivity contribution in [2.45, 2.75) is 38.6 Å². The minimum absolute atomic E-state index is 0.947. The van der Waals surface area contributed by atoms with Crippen LogP contribution in [-0.4, -0.2) is 48.6 Å². The highest BCUT2D eigenvalue weighted by Gasteiger charge is 2.33. The molecule has 3 fully saturated rings. The van der Waals surface area contributed by atoms with Crippen molar-refractivity contribution in [1.29, 1.82) is 0 Å². The number of nitrogens with zero attached hydrogens (tertiary/aromatic N) is 2. The third-order valence-electron chi connectivity index (χ3n) is 4.49. The first-order chi connectivity index (χ1) is 7.31. The summed E-state index contributed by atoms with van der Waals surface area (Å²) in [7, 11) is 0. The van der Waals surface area contributed by atoms with Crippen molar-refractivity contribution in [3.05, 3.63) is 0 Å². The molecule has 1 heterocycles. The molecule has 86 valence electrons. The second kappa shape index (κ2) is 4.06. The van der Waals surface area contributed by atoms with Gasteiger partial charge in [0.15, 0.2) is 0 Å². The molecular formula is C13H24N2. The van der Waals surface area contributed by atoms with E-state index in [4.69, 9.17) is 0 Å². The molecule has 1 aliphatic heterocycles. The van der Waals surface area contributed by atoms with Crippen LogP contribution in [0.4, 0.5) is 0 Å². The number of hydrogen-bond donors (Lipinski definition) is 0. The van der Waals surface area contributed by atoms with Gasteiger partial charge in [-0.05, 0) is 37.5 Å². The molecule has 0 amide bonds. The fourth-order valence-electron chi connectivity index (χ4n) is 3.13. The van der Waals surface area contributed by atoms with Gasteiger partial charge in [-0.15, -0.1) is 0 Å². The van der Waals surface area contributed by atoms with Crippen LogP contribution >= 0.6 is 0 Å². The summed E-state index contributed by atoms with van der Waals surface area (Å²) in [5, 5.41) is 0. The van der Waals surface area contributed by atoms with Crippen molar-refractivity contribution in [1.82, 2.24) is 9.80 Å². The zero-order valence-electron chi connectivity index (χ0n) is 9.99. The Bertz CT molecular complexity index is 211. The zero-order chi connectivity index (χ0) is 10.3. The Morgan fingerprint density at radius 2 is 1.67 bits per heavy atom. The van der Waals surface area contributed by atoms with Gasteiger partial charge in [-0.3, -0.25) is 4.90 Å². The molecule has 0 aromatic rings. The van der Waals surface area contributed by atoms with Gasteiger partial charge >= 0.3 is 0 Å². The third kappa shape index (κ3) is 2.36. The Morgan fingerprint density at radius 1 is 1.00 bits per heavy atom. The first kappa shape index (κ1) is 10.1. The summed E-state index contributed by atoms with van der Waals surface area (Å²) in [4.78, 5) is 5.43. The monoisotopic (exact) mass is 208 g/mol. The summed E-state index contributed by atoms with van der Waals surface area (Å²) in [5.74, 6) is 2.07. The van der Waals surface area contributed by atoms with Crippen molar-refractivity contribution in [2.24, 2.45) is 11.8 Å². The summed E-state index contributed by atoms with van der Waals surface area (Å²) in [6.45, 7) is 9.13. The highest BCUT2D eigenvalue weighted by Crippen LogP contribution is 2.33. The lowest BCUT2D eigenvalue weighted by Crippen LogP contribution is -2.53. The molecule has 0 atom stereocenters. The minimum atomic E-state index is 0.947. The summed E-state index contributed by atoms with van der Waals surface area (Å²) in [5.41, 5.74) is 0. The summed E-state index contributed by atoms with van der Waals surface area (Å²) < 4.78 is 0. The molecule has 0 radical (unpaired) electrons. The molecule has 3 aliphatic rings. The van der Waals surface area contributed by atoms with Gasteiger partial charge in [0, 0.05) is 38.8 Å². The number of piperazine rings is 1. The van der Waals surface area contributed by atoms with Crippen molar-refractivity contribution in [2.75, 3.05) is 32.7 Å². The Labute approximate surface area is 93.6 Å². The van der Waals surface area contributed by atoms with Gasteiger partial charge in [0.2, 0.25) is 0 Å². The fourth-order valence-corrected chi connectivity index (χ4v) is 3.13. The van der Waals surface area contributed by atoms with E-state index in [0.29, 0.717) is 0 Å². The highest BCUT2D eigenvalue weighted by atomic mass is 15.3. The number of hydrogen-bond acceptors (Lipinski definition) is 2. The Hall–Kier alpha value is -0.0800. The van der Waals surface area contributed by atoms with E-state index in [1.54, 1.807) is 0 Å². The summed E-state index contributed by atoms with van der Waals surface area (Å²) >= 11 is 0. The lowest BCUT2D eigenvalue weighted by molar-refractivity contribution is 0.0369. The van der Waals surface area contributed by atoms with Crippen LogP contribution in [0.5, 0.6) is 0 Å². The van der Waals surface area contributed by atoms with Gasteiger partial charge in [0.25, 0.3) is 0 Å². The molecule has 15 heavy (non-hydrogen) atoms. The molecule has 3 rings (SSSR count). The van der Waals surface area contributed by atoms with Crippen LogP contribution < -0.4 is 0 Å². The lowest BCUT2D eigenvalue weighted by Gasteiger charge is -2.45. The molecule has 0 aromatic carbocycles. The van der Waals surface area contributed by atoms with Gasteiger partial charge in [-0.1, -0.05) is 6.92 Å². The van der Waals surface area contributed by atoms with Gasteiger partial charge in [0.05, 0.1) is 0 Å². The van der Waals surface area contributed by atoms with E-state index in [1.807, 2.05) is 0 Å². The maximum Gasteiger partial charge on any atom is 0.0113 e. The van der Waals surface area contributed by atoms with Crippen LogP contribution in [0.2, 0.25) is 0 Å². The van der Waals surface area contributed by atoms with E-state index in [9.17, 15) is 0 Å². The third-order valence-corrected chi connectivity index (χ3v) is 4.49. The minimum Gasteiger partial charge on any atom is -0.301 e. The number of rotatable bonds is 3. The van der Waals surface area contributed by atoms with E-state index in [-0.39, 0.29) is 0 Å². The molecule has 0 spiro atoms. The molecular weight excluding hydrogens is 184 g/mol. The predicted octanol–water partition coefficient (Wildman–Crippen LogP) is 1.81. The smallest absolute Gasteiger partial charge is 0.0113 e. The maximum absolute atomic E-state index is 2.74. The predicted molar refractivity (Wildman–Crippen MR) is 62.9 cm³/mol. The van der Waals surface area contributed by atoms with Crippen LogP contribution in [0, 0.1) is 11.8 Å². The molecule has 0 unspecified atom stereocenters. The first-order valence-electron chi connectivity index (χ1n) is 6.77. The molecule has 0 N–H and O–H groups in total. The van der Waals surface area contributed by atoms with Crippen LogP contribution in [0.1, 0.15) is 32.6 Å². The van der Waals surface area contributed by atoms with E-state index in [2.05, 4.69) is 16.7 Å². The van der Waals surface area contributed by atoms with Gasteiger partial charge in [-0.2, -0.15) is 0 Å². The van der Waals surface area contributed by atoms with Crippen LogP contribution in [0.15, 0.2) is 0 Å². The molecule has 0 aromatic heterocycles. The van der Waals surface area contributed by atoms with Crippen LogP contribution in [0.25, 0.3) is 0 Å². The largest absolute Gasteiger partial charge is 0.301 e. The van der Waals surface area contributed by atoms with E-state index in [0.717, 1.165) is 17.9 Å².